The molecule has 1 amide bonds. The maximum atomic E-state index is 12.2. The minimum Gasteiger partial charge on any atom is -0.444 e. The second-order valence-electron chi connectivity index (χ2n) is 10.5. The predicted octanol–water partition coefficient (Wildman–Crippen LogP) is 5.32. The summed E-state index contributed by atoms with van der Waals surface area (Å²) in [6.07, 6.45) is 8.25. The largest absolute Gasteiger partial charge is 0.444 e. The van der Waals surface area contributed by atoms with E-state index < -0.39 is 5.60 Å². The third kappa shape index (κ3) is 6.10. The number of nitrogens with zero attached hydrogens (tertiary/aromatic N) is 3. The summed E-state index contributed by atoms with van der Waals surface area (Å²) < 4.78 is 5.43. The van der Waals surface area contributed by atoms with Crippen LogP contribution in [0.3, 0.4) is 0 Å². The molecule has 0 spiro atoms. The summed E-state index contributed by atoms with van der Waals surface area (Å²) in [6.45, 7) is 9.32. The number of hydrogen-bond donors (Lipinski definition) is 2. The zero-order chi connectivity index (χ0) is 25.0. The molecule has 188 valence electrons. The van der Waals surface area contributed by atoms with Crippen LogP contribution in [0.4, 0.5) is 16.6 Å². The van der Waals surface area contributed by atoms with Crippen molar-refractivity contribution in [3.8, 4) is 11.1 Å². The van der Waals surface area contributed by atoms with E-state index in [1.54, 1.807) is 0 Å². The Morgan fingerprint density at radius 2 is 1.97 bits per heavy atom. The van der Waals surface area contributed by atoms with Crippen molar-refractivity contribution >= 4 is 24.1 Å². The first-order chi connectivity index (χ1) is 16.8. The molecule has 0 bridgehead atoms. The zero-order valence-corrected chi connectivity index (χ0v) is 21.3. The molecular formula is C27H37N5O3. The quantitative estimate of drug-likeness (QED) is 0.409. The summed E-state index contributed by atoms with van der Waals surface area (Å²) in [7, 11) is 0. The lowest BCUT2D eigenvalue weighted by Crippen LogP contribution is -2.46. The minimum absolute atomic E-state index is 0.107. The number of aldehydes is 1. The highest BCUT2D eigenvalue weighted by atomic mass is 16.6. The van der Waals surface area contributed by atoms with E-state index in [1.807, 2.05) is 45.2 Å². The van der Waals surface area contributed by atoms with Gasteiger partial charge in [-0.1, -0.05) is 25.5 Å². The highest BCUT2D eigenvalue weighted by molar-refractivity contribution is 5.85. The fourth-order valence-electron chi connectivity index (χ4n) is 4.89. The molecule has 8 nitrogen and oxygen atoms in total. The van der Waals surface area contributed by atoms with Crippen LogP contribution in [0.1, 0.15) is 82.1 Å². The van der Waals surface area contributed by atoms with Gasteiger partial charge in [-0.05, 0) is 70.1 Å². The number of carbonyl (C=O) groups is 2. The number of fused-ring (bicyclic) bond motifs is 3. The van der Waals surface area contributed by atoms with Gasteiger partial charge < -0.3 is 20.3 Å². The highest BCUT2D eigenvalue weighted by Gasteiger charge is 2.33. The van der Waals surface area contributed by atoms with Gasteiger partial charge in [-0.25, -0.2) is 9.78 Å². The van der Waals surface area contributed by atoms with Gasteiger partial charge in [0, 0.05) is 42.5 Å². The lowest BCUT2D eigenvalue weighted by Gasteiger charge is -2.41. The molecule has 1 aliphatic carbocycles. The van der Waals surface area contributed by atoms with Crippen LogP contribution >= 0.6 is 0 Å². The van der Waals surface area contributed by atoms with Gasteiger partial charge in [0.1, 0.15) is 17.7 Å². The van der Waals surface area contributed by atoms with E-state index in [-0.39, 0.29) is 18.2 Å². The topological polar surface area (TPSA) is 96.5 Å². The Hall–Kier alpha value is -3.16. The van der Waals surface area contributed by atoms with Crippen molar-refractivity contribution in [1.29, 1.82) is 0 Å². The summed E-state index contributed by atoms with van der Waals surface area (Å²) in [5, 5.41) is 6.38. The predicted molar refractivity (Wildman–Crippen MR) is 138 cm³/mol. The molecule has 8 heteroatoms. The Morgan fingerprint density at radius 1 is 1.20 bits per heavy atom. The van der Waals surface area contributed by atoms with Gasteiger partial charge in [0.05, 0.1) is 0 Å². The van der Waals surface area contributed by atoms with Crippen molar-refractivity contribution in [2.75, 3.05) is 16.8 Å². The Labute approximate surface area is 207 Å². The third-order valence-corrected chi connectivity index (χ3v) is 6.61. The van der Waals surface area contributed by atoms with Gasteiger partial charge in [0.2, 0.25) is 5.95 Å². The average molecular weight is 480 g/mol. The van der Waals surface area contributed by atoms with Crippen molar-refractivity contribution in [3.05, 3.63) is 35.5 Å². The highest BCUT2D eigenvalue weighted by Crippen LogP contribution is 2.41. The molecule has 1 aliphatic heterocycles. The van der Waals surface area contributed by atoms with E-state index in [0.29, 0.717) is 18.1 Å². The Morgan fingerprint density at radius 3 is 2.66 bits per heavy atom. The standard InChI is InChI=1S/C27H37N5O3/c1-5-6-13-28-25-29-15-23-22-12-7-18(17-33)14-19(22)16-32(24(23)31-25)21-10-8-20(9-11-21)30-26(34)35-27(2,3)4/h7,12,14-15,17,20-21H,5-6,8-11,13,16H2,1-4H3,(H,30,34)(H,28,29,31)/t20-,21-. The number of amides is 1. The number of hydrogen-bond acceptors (Lipinski definition) is 7. The van der Waals surface area contributed by atoms with Gasteiger partial charge in [-0.2, -0.15) is 4.98 Å². The fourth-order valence-corrected chi connectivity index (χ4v) is 4.89. The smallest absolute Gasteiger partial charge is 0.407 e. The SMILES string of the molecule is CCCCNc1ncc2c(n1)N([C@H]1CC[C@H](NC(=O)OC(C)(C)C)CC1)Cc1cc(C=O)ccc1-2. The number of rotatable bonds is 7. The molecule has 2 heterocycles. The number of unbranched alkanes of at least 4 members (excludes halogenated alkanes) is 1. The van der Waals surface area contributed by atoms with E-state index >= 15 is 0 Å². The monoisotopic (exact) mass is 479 g/mol. The number of aromatic nitrogens is 2. The molecule has 1 aromatic heterocycles. The number of benzene rings is 1. The molecule has 1 aromatic carbocycles. The number of ether oxygens (including phenoxy) is 1. The van der Waals surface area contributed by atoms with E-state index in [9.17, 15) is 9.59 Å². The number of anilines is 2. The molecule has 2 aliphatic rings. The van der Waals surface area contributed by atoms with Crippen LogP contribution in [-0.2, 0) is 11.3 Å². The first-order valence-electron chi connectivity index (χ1n) is 12.7. The summed E-state index contributed by atoms with van der Waals surface area (Å²) in [5.41, 5.74) is 3.37. The van der Waals surface area contributed by atoms with E-state index in [2.05, 4.69) is 27.4 Å². The van der Waals surface area contributed by atoms with Crippen LogP contribution in [0.5, 0.6) is 0 Å². The summed E-state index contributed by atoms with van der Waals surface area (Å²) in [5.74, 6) is 1.59. The van der Waals surface area contributed by atoms with Crippen LogP contribution in [0.25, 0.3) is 11.1 Å². The first kappa shape index (κ1) is 24.9. The molecule has 1 fully saturated rings. The summed E-state index contributed by atoms with van der Waals surface area (Å²) in [4.78, 5) is 35.5. The fraction of sp³-hybridized carbons (Fsp3) is 0.556. The van der Waals surface area contributed by atoms with Crippen molar-refractivity contribution in [3.63, 3.8) is 0 Å². The van der Waals surface area contributed by atoms with Gasteiger partial charge in [0.15, 0.2) is 0 Å². The number of alkyl carbamates (subject to hydrolysis) is 1. The summed E-state index contributed by atoms with van der Waals surface area (Å²) >= 11 is 0. The van der Waals surface area contributed by atoms with Gasteiger partial charge >= 0.3 is 6.09 Å². The lowest BCUT2D eigenvalue weighted by atomic mass is 9.87. The Bertz CT molecular complexity index is 1060. The molecule has 2 N–H and O–H groups in total. The maximum absolute atomic E-state index is 12.2. The molecular weight excluding hydrogens is 442 g/mol. The van der Waals surface area contributed by atoms with Crippen LogP contribution < -0.4 is 15.5 Å². The second-order valence-corrected chi connectivity index (χ2v) is 10.5. The normalized spacial score (nSPS) is 19.4. The molecule has 0 unspecified atom stereocenters. The van der Waals surface area contributed by atoms with Crippen LogP contribution in [0.2, 0.25) is 0 Å². The van der Waals surface area contributed by atoms with Crippen LogP contribution in [0, 0.1) is 0 Å². The molecule has 1 saturated carbocycles. The van der Waals surface area contributed by atoms with Crippen molar-refractivity contribution in [2.45, 2.75) is 90.4 Å². The molecule has 35 heavy (non-hydrogen) atoms. The van der Waals surface area contributed by atoms with Crippen LogP contribution in [0.15, 0.2) is 24.4 Å². The molecule has 2 aromatic rings. The van der Waals surface area contributed by atoms with E-state index in [1.165, 1.54) is 0 Å². The zero-order valence-electron chi connectivity index (χ0n) is 21.3. The molecule has 4 rings (SSSR count). The first-order valence-corrected chi connectivity index (χ1v) is 12.7. The summed E-state index contributed by atoms with van der Waals surface area (Å²) in [6, 6.07) is 6.23. The van der Waals surface area contributed by atoms with Gasteiger partial charge in [0.25, 0.3) is 0 Å². The van der Waals surface area contributed by atoms with E-state index in [0.717, 1.165) is 73.9 Å². The van der Waals surface area contributed by atoms with Crippen molar-refractivity contribution in [1.82, 2.24) is 15.3 Å². The molecule has 0 atom stereocenters. The number of nitrogens with one attached hydrogen (secondary N) is 2. The Balaban J connectivity index is 1.53. The molecule has 0 radical (unpaired) electrons. The second kappa shape index (κ2) is 10.6. The van der Waals surface area contributed by atoms with Gasteiger partial charge in [-0.3, -0.25) is 4.79 Å². The molecule has 0 saturated heterocycles. The number of carbonyl (C=O) groups excluding carboxylic acids is 2. The minimum atomic E-state index is -0.505. The third-order valence-electron chi connectivity index (χ3n) is 6.61. The average Bonchev–Trinajstić information content (AvgIpc) is 2.82. The van der Waals surface area contributed by atoms with Crippen molar-refractivity contribution < 1.29 is 14.3 Å². The van der Waals surface area contributed by atoms with Crippen molar-refractivity contribution in [2.24, 2.45) is 0 Å². The Kier molecular flexibility index (Phi) is 7.57. The van der Waals surface area contributed by atoms with Crippen LogP contribution in [-0.4, -0.2) is 46.6 Å². The lowest BCUT2D eigenvalue weighted by molar-refractivity contribution is 0.0491. The van der Waals surface area contributed by atoms with E-state index in [4.69, 9.17) is 9.72 Å². The maximum Gasteiger partial charge on any atom is 0.407 e. The van der Waals surface area contributed by atoms with Gasteiger partial charge in [-0.15, -0.1) is 0 Å².